The lowest BCUT2D eigenvalue weighted by molar-refractivity contribution is 0.0624. The van der Waals surface area contributed by atoms with Gasteiger partial charge in [-0.2, -0.15) is 5.26 Å². The molecule has 1 aliphatic carbocycles. The van der Waals surface area contributed by atoms with Crippen LogP contribution in [0.5, 0.6) is 0 Å². The summed E-state index contributed by atoms with van der Waals surface area (Å²) in [7, 11) is -7.09. The first kappa shape index (κ1) is 34.5. The van der Waals surface area contributed by atoms with E-state index in [1.165, 1.54) is 12.1 Å². The lowest BCUT2D eigenvalue weighted by Gasteiger charge is -2.42. The number of carbonyl (C=O) groups is 1. The molecular weight excluding hydrogens is 669 g/mol. The molecule has 0 radical (unpaired) electrons. The molecule has 1 saturated carbocycles. The van der Waals surface area contributed by atoms with Gasteiger partial charge in [-0.3, -0.25) is 4.79 Å². The molecule has 4 aromatic rings. The van der Waals surface area contributed by atoms with Gasteiger partial charge < -0.3 is 19.5 Å². The smallest absolute Gasteiger partial charge is 0.254 e. The van der Waals surface area contributed by atoms with Crippen molar-refractivity contribution in [2.24, 2.45) is 0 Å². The van der Waals surface area contributed by atoms with Gasteiger partial charge in [-0.05, 0) is 68.1 Å². The van der Waals surface area contributed by atoms with Crippen molar-refractivity contribution in [1.82, 2.24) is 29.3 Å². The second kappa shape index (κ2) is 14.6. The Morgan fingerprint density at radius 3 is 2.41 bits per heavy atom. The van der Waals surface area contributed by atoms with Gasteiger partial charge in [0.2, 0.25) is 20.0 Å². The molecule has 258 valence electrons. The number of aromatic amines is 1. The van der Waals surface area contributed by atoms with Crippen molar-refractivity contribution in [2.75, 3.05) is 44.2 Å². The zero-order valence-electron chi connectivity index (χ0n) is 26.8. The Morgan fingerprint density at radius 2 is 1.71 bits per heavy atom. The van der Waals surface area contributed by atoms with Gasteiger partial charge in [0.15, 0.2) is 0 Å². The summed E-state index contributed by atoms with van der Waals surface area (Å²) in [6, 6.07) is 18.2. The minimum absolute atomic E-state index is 0.0264. The van der Waals surface area contributed by atoms with E-state index in [-0.39, 0.29) is 35.4 Å². The second-order valence-electron chi connectivity index (χ2n) is 12.2. The largest absolute Gasteiger partial charge is 0.377 e. The summed E-state index contributed by atoms with van der Waals surface area (Å²) in [4.78, 5) is 29.7. The fraction of sp³-hybridized carbons (Fsp3) is 0.394. The number of sulfonamides is 2. The highest BCUT2D eigenvalue weighted by molar-refractivity contribution is 7.89. The first-order chi connectivity index (χ1) is 23.6. The molecule has 2 aromatic heterocycles. The number of ether oxygens (including phenoxy) is 1. The second-order valence-corrected chi connectivity index (χ2v) is 15.7. The Labute approximate surface area is 285 Å². The number of nitriles is 1. The first-order valence-corrected chi connectivity index (χ1v) is 19.1. The topological polar surface area (TPSA) is 190 Å². The van der Waals surface area contributed by atoms with Gasteiger partial charge >= 0.3 is 0 Å². The Kier molecular flexibility index (Phi) is 10.3. The minimum atomic E-state index is -3.71. The van der Waals surface area contributed by atoms with Crippen LogP contribution in [0.25, 0.3) is 11.0 Å². The fourth-order valence-electron chi connectivity index (χ4n) is 6.11. The van der Waals surface area contributed by atoms with Crippen LogP contribution in [0.2, 0.25) is 0 Å². The summed E-state index contributed by atoms with van der Waals surface area (Å²) in [6.45, 7) is 3.05. The number of anilines is 1. The molecule has 1 amide bonds. The molecule has 1 unspecified atom stereocenters. The van der Waals surface area contributed by atoms with E-state index >= 15 is 0 Å². The fourth-order valence-corrected chi connectivity index (χ4v) is 8.23. The van der Waals surface area contributed by atoms with Crippen molar-refractivity contribution in [3.63, 3.8) is 0 Å². The Balaban J connectivity index is 0.000000218. The zero-order chi connectivity index (χ0) is 34.5. The van der Waals surface area contributed by atoms with Crippen molar-refractivity contribution in [1.29, 1.82) is 5.26 Å². The number of rotatable bonds is 10. The molecular formula is C33H38N8O6S2. The summed E-state index contributed by atoms with van der Waals surface area (Å²) in [5.74, 6) is 0.779. The van der Waals surface area contributed by atoms with Gasteiger partial charge in [-0.25, -0.2) is 36.2 Å². The molecule has 7 rings (SSSR count). The zero-order valence-corrected chi connectivity index (χ0v) is 28.4. The lowest BCUT2D eigenvalue weighted by Crippen LogP contribution is -2.57. The van der Waals surface area contributed by atoms with Gasteiger partial charge in [-0.15, -0.1) is 0 Å². The highest BCUT2D eigenvalue weighted by Gasteiger charge is 2.53. The Bertz CT molecular complexity index is 2020. The molecule has 4 heterocycles. The van der Waals surface area contributed by atoms with Crippen LogP contribution in [0.15, 0.2) is 83.0 Å². The number of fused-ring (bicyclic) bond motifs is 1. The van der Waals surface area contributed by atoms with Crippen molar-refractivity contribution in [3.05, 3.63) is 78.8 Å². The standard InChI is InChI=1S/C22H23N7O3S.C11H15NO3S/c23-9-1-10-27-33(31,32)17-4-2-16(3-5-17)21(30)29-13-12-28(14-22(29)7-8-22)20-18-6-11-24-19(18)25-15-26-20;13-16(14,11-6-2-1-3-7-11)12-9-10-5-4-8-15-10/h2-6,11,15,27H,1,7-8,10,12-14H2,(H,24,25,26);1-3,6-7,10,12H,4-5,8-9H2. The normalized spacial score (nSPS) is 18.6. The molecule has 14 nitrogen and oxygen atoms in total. The molecule has 49 heavy (non-hydrogen) atoms. The molecule has 3 N–H and O–H groups in total. The summed E-state index contributed by atoms with van der Waals surface area (Å²) in [5.41, 5.74) is 1.02. The minimum Gasteiger partial charge on any atom is -0.377 e. The maximum absolute atomic E-state index is 13.3. The van der Waals surface area contributed by atoms with Crippen LogP contribution < -0.4 is 14.3 Å². The number of H-pyrrole nitrogens is 1. The molecule has 3 aliphatic rings. The predicted octanol–water partition coefficient (Wildman–Crippen LogP) is 2.79. The lowest BCUT2D eigenvalue weighted by atomic mass is 10.1. The maximum Gasteiger partial charge on any atom is 0.254 e. The van der Waals surface area contributed by atoms with Gasteiger partial charge in [-0.1, -0.05) is 18.2 Å². The molecule has 16 heteroatoms. The monoisotopic (exact) mass is 706 g/mol. The predicted molar refractivity (Wildman–Crippen MR) is 182 cm³/mol. The number of hydrogen-bond donors (Lipinski definition) is 3. The highest BCUT2D eigenvalue weighted by Crippen LogP contribution is 2.46. The number of aromatic nitrogens is 3. The average molecular weight is 707 g/mol. The van der Waals surface area contributed by atoms with E-state index in [0.29, 0.717) is 36.6 Å². The molecule has 1 atom stereocenters. The van der Waals surface area contributed by atoms with E-state index in [4.69, 9.17) is 10.00 Å². The molecule has 0 bridgehead atoms. The number of benzene rings is 2. The van der Waals surface area contributed by atoms with E-state index in [2.05, 4.69) is 29.3 Å². The number of nitrogens with zero attached hydrogens (tertiary/aromatic N) is 5. The quantitative estimate of drug-likeness (QED) is 0.207. The summed E-state index contributed by atoms with van der Waals surface area (Å²) in [5, 5.41) is 9.55. The van der Waals surface area contributed by atoms with Crippen LogP contribution in [0, 0.1) is 11.3 Å². The average Bonchev–Trinajstić information content (AvgIpc) is 3.47. The number of carbonyl (C=O) groups excluding carboxylic acids is 1. The molecule has 2 aliphatic heterocycles. The molecule has 2 aromatic carbocycles. The van der Waals surface area contributed by atoms with Gasteiger partial charge in [0.1, 0.15) is 17.8 Å². The molecule has 3 fully saturated rings. The van der Waals surface area contributed by atoms with Gasteiger partial charge in [0, 0.05) is 57.5 Å². The SMILES string of the molecule is N#CCCNS(=O)(=O)c1ccc(C(=O)N2CCN(c3ncnc4[nH]ccc34)CC23CC3)cc1.O=S(=O)(NCC1CCCO1)c1ccccc1. The van der Waals surface area contributed by atoms with Gasteiger partial charge in [0.25, 0.3) is 5.91 Å². The van der Waals surface area contributed by atoms with Crippen molar-refractivity contribution >= 4 is 42.8 Å². The first-order valence-electron chi connectivity index (χ1n) is 16.1. The van der Waals surface area contributed by atoms with Crippen LogP contribution in [-0.2, 0) is 24.8 Å². The number of nitrogens with one attached hydrogen (secondary N) is 3. The maximum atomic E-state index is 13.3. The summed E-state index contributed by atoms with van der Waals surface area (Å²) >= 11 is 0. The van der Waals surface area contributed by atoms with Crippen molar-refractivity contribution < 1.29 is 26.4 Å². The Morgan fingerprint density at radius 1 is 0.980 bits per heavy atom. The van der Waals surface area contributed by atoms with Crippen LogP contribution in [0.3, 0.4) is 0 Å². The van der Waals surface area contributed by atoms with E-state index in [0.717, 1.165) is 49.1 Å². The number of amides is 1. The van der Waals surface area contributed by atoms with Gasteiger partial charge in [0.05, 0.1) is 32.9 Å². The van der Waals surface area contributed by atoms with E-state index in [1.807, 2.05) is 23.2 Å². The third kappa shape index (κ3) is 7.92. The molecule has 1 spiro atoms. The van der Waals surface area contributed by atoms with Crippen LogP contribution in [-0.4, -0.2) is 93.6 Å². The third-order valence-electron chi connectivity index (χ3n) is 8.88. The molecule has 2 saturated heterocycles. The van der Waals surface area contributed by atoms with E-state index < -0.39 is 20.0 Å². The number of hydrogen-bond acceptors (Lipinski definition) is 10. The summed E-state index contributed by atoms with van der Waals surface area (Å²) in [6.07, 6.45) is 7.30. The number of piperazine rings is 1. The van der Waals surface area contributed by atoms with E-state index in [9.17, 15) is 21.6 Å². The Hall–Kier alpha value is -4.40. The van der Waals surface area contributed by atoms with Crippen molar-refractivity contribution in [2.45, 2.75) is 53.5 Å². The van der Waals surface area contributed by atoms with Crippen LogP contribution in [0.4, 0.5) is 5.82 Å². The van der Waals surface area contributed by atoms with Crippen LogP contribution in [0.1, 0.15) is 42.5 Å². The van der Waals surface area contributed by atoms with Crippen LogP contribution >= 0.6 is 0 Å². The summed E-state index contributed by atoms with van der Waals surface area (Å²) < 4.78 is 58.6. The van der Waals surface area contributed by atoms with E-state index in [1.54, 1.807) is 48.8 Å². The third-order valence-corrected chi connectivity index (χ3v) is 11.8. The van der Waals surface area contributed by atoms with Crippen molar-refractivity contribution in [3.8, 4) is 6.07 Å². The highest BCUT2D eigenvalue weighted by atomic mass is 32.2.